The summed E-state index contributed by atoms with van der Waals surface area (Å²) in [5.74, 6) is -3.08. The van der Waals surface area contributed by atoms with Gasteiger partial charge in [0.2, 0.25) is 0 Å². The minimum Gasteiger partial charge on any atom is -0.452 e. The molecule has 5 rings (SSSR count). The van der Waals surface area contributed by atoms with Crippen LogP contribution in [0.25, 0.3) is 10.8 Å². The molecule has 220 valence electrons. The van der Waals surface area contributed by atoms with E-state index >= 15 is 0 Å². The van der Waals surface area contributed by atoms with Gasteiger partial charge in [-0.25, -0.2) is 9.69 Å². The SMILES string of the molecule is CCN(CC)c1ccc(NC(=O)COC(=O)c2ccc3c4c(cccc24)C(=O)N(c2cccc(C(F)(F)F)c2)C3=O)cc1. The molecule has 0 unspecified atom stereocenters. The van der Waals surface area contributed by atoms with Crippen LogP contribution in [-0.4, -0.2) is 43.4 Å². The molecule has 0 aromatic heterocycles. The molecule has 11 heteroatoms. The van der Waals surface area contributed by atoms with Crippen LogP contribution in [0.2, 0.25) is 0 Å². The third-order valence-corrected chi connectivity index (χ3v) is 7.17. The molecule has 1 aliphatic heterocycles. The lowest BCUT2D eigenvalue weighted by Crippen LogP contribution is -2.40. The number of nitrogens with one attached hydrogen (secondary N) is 1. The van der Waals surface area contributed by atoms with Crippen LogP contribution in [0.4, 0.5) is 30.2 Å². The van der Waals surface area contributed by atoms with Gasteiger partial charge in [0.15, 0.2) is 6.61 Å². The summed E-state index contributed by atoms with van der Waals surface area (Å²) in [5, 5.41) is 3.08. The van der Waals surface area contributed by atoms with Crippen LogP contribution in [0.1, 0.15) is 50.5 Å². The predicted octanol–water partition coefficient (Wildman–Crippen LogP) is 6.30. The predicted molar refractivity (Wildman–Crippen MR) is 155 cm³/mol. The van der Waals surface area contributed by atoms with E-state index in [4.69, 9.17) is 4.74 Å². The zero-order valence-corrected chi connectivity index (χ0v) is 23.2. The molecular formula is C32H26F3N3O5. The van der Waals surface area contributed by atoms with E-state index in [1.165, 1.54) is 36.4 Å². The molecule has 0 fully saturated rings. The number of carbonyl (C=O) groups is 4. The van der Waals surface area contributed by atoms with Gasteiger partial charge in [-0.1, -0.05) is 18.2 Å². The molecule has 1 N–H and O–H groups in total. The molecule has 0 saturated heterocycles. The summed E-state index contributed by atoms with van der Waals surface area (Å²) in [7, 11) is 0. The molecule has 1 aliphatic rings. The fraction of sp³-hybridized carbons (Fsp3) is 0.188. The minimum atomic E-state index is -4.67. The molecule has 0 aliphatic carbocycles. The van der Waals surface area contributed by atoms with Crippen LogP contribution in [0, 0.1) is 0 Å². The van der Waals surface area contributed by atoms with Crippen molar-refractivity contribution in [2.75, 3.05) is 34.8 Å². The van der Waals surface area contributed by atoms with Gasteiger partial charge in [-0.05, 0) is 79.9 Å². The van der Waals surface area contributed by atoms with Gasteiger partial charge in [-0.3, -0.25) is 14.4 Å². The van der Waals surface area contributed by atoms with Crippen LogP contribution in [0.15, 0.2) is 78.9 Å². The van der Waals surface area contributed by atoms with Gasteiger partial charge in [-0.15, -0.1) is 0 Å². The lowest BCUT2D eigenvalue weighted by molar-refractivity contribution is -0.137. The van der Waals surface area contributed by atoms with Gasteiger partial charge in [0, 0.05) is 41.0 Å². The average molecular weight is 590 g/mol. The number of anilines is 3. The van der Waals surface area contributed by atoms with Crippen LogP contribution in [-0.2, 0) is 15.7 Å². The number of imide groups is 1. The summed E-state index contributed by atoms with van der Waals surface area (Å²) in [6.45, 7) is 5.18. The van der Waals surface area contributed by atoms with Crippen LogP contribution < -0.4 is 15.1 Å². The van der Waals surface area contributed by atoms with E-state index < -0.39 is 42.0 Å². The second kappa shape index (κ2) is 11.6. The number of esters is 1. The van der Waals surface area contributed by atoms with Crippen molar-refractivity contribution in [2.24, 2.45) is 0 Å². The summed E-state index contributed by atoms with van der Waals surface area (Å²) >= 11 is 0. The van der Waals surface area contributed by atoms with E-state index in [0.29, 0.717) is 10.6 Å². The topological polar surface area (TPSA) is 96.0 Å². The van der Waals surface area contributed by atoms with Crippen molar-refractivity contribution >= 4 is 51.5 Å². The van der Waals surface area contributed by atoms with Gasteiger partial charge >= 0.3 is 12.1 Å². The Morgan fingerprint density at radius 3 is 2.16 bits per heavy atom. The Balaban J connectivity index is 1.35. The van der Waals surface area contributed by atoms with Crippen LogP contribution in [0.3, 0.4) is 0 Å². The number of hydrogen-bond acceptors (Lipinski definition) is 6. The highest BCUT2D eigenvalue weighted by Gasteiger charge is 2.37. The third kappa shape index (κ3) is 5.66. The molecule has 0 radical (unpaired) electrons. The summed E-state index contributed by atoms with van der Waals surface area (Å²) in [4.78, 5) is 55.1. The molecular weight excluding hydrogens is 563 g/mol. The van der Waals surface area contributed by atoms with Gasteiger partial charge in [-0.2, -0.15) is 13.2 Å². The second-order valence-corrected chi connectivity index (χ2v) is 9.73. The first-order valence-corrected chi connectivity index (χ1v) is 13.5. The first-order valence-electron chi connectivity index (χ1n) is 13.5. The molecule has 0 spiro atoms. The molecule has 0 atom stereocenters. The highest BCUT2D eigenvalue weighted by Crippen LogP contribution is 2.37. The number of ether oxygens (including phenoxy) is 1. The second-order valence-electron chi connectivity index (χ2n) is 9.73. The van der Waals surface area contributed by atoms with Crippen LogP contribution in [0.5, 0.6) is 0 Å². The first-order chi connectivity index (χ1) is 20.5. The zero-order valence-electron chi connectivity index (χ0n) is 23.2. The lowest BCUT2D eigenvalue weighted by atomic mass is 9.91. The Morgan fingerprint density at radius 1 is 0.860 bits per heavy atom. The van der Waals surface area contributed by atoms with E-state index in [9.17, 15) is 32.3 Å². The Hall–Kier alpha value is -5.19. The largest absolute Gasteiger partial charge is 0.452 e. The van der Waals surface area contributed by atoms with Crippen molar-refractivity contribution in [2.45, 2.75) is 20.0 Å². The van der Waals surface area contributed by atoms with Crippen LogP contribution >= 0.6 is 0 Å². The van der Waals surface area contributed by atoms with Crippen molar-refractivity contribution in [3.05, 3.63) is 101 Å². The smallest absolute Gasteiger partial charge is 0.416 e. The van der Waals surface area contributed by atoms with Crippen molar-refractivity contribution in [1.82, 2.24) is 0 Å². The standard InChI is InChI=1S/C32H26F3N3O5/c1-3-37(4-2)21-13-11-20(12-14-21)36-27(39)18-43-31(42)24-15-16-26-28-23(24)9-6-10-25(28)29(40)38(30(26)41)22-8-5-7-19(17-22)32(33,34)35/h5-17H,3-4,18H2,1-2H3,(H,36,39). The monoisotopic (exact) mass is 589 g/mol. The van der Waals surface area contributed by atoms with Crippen molar-refractivity contribution < 1.29 is 37.1 Å². The molecule has 43 heavy (non-hydrogen) atoms. The average Bonchev–Trinajstić information content (AvgIpc) is 2.99. The molecule has 8 nitrogen and oxygen atoms in total. The molecule has 4 aromatic rings. The van der Waals surface area contributed by atoms with Gasteiger partial charge < -0.3 is 15.0 Å². The number of amides is 3. The maximum atomic E-state index is 13.4. The first kappa shape index (κ1) is 29.3. The van der Waals surface area contributed by atoms with Gasteiger partial charge in [0.25, 0.3) is 17.7 Å². The number of benzene rings is 4. The van der Waals surface area contributed by atoms with Gasteiger partial charge in [0.05, 0.1) is 16.8 Å². The van der Waals surface area contributed by atoms with E-state index in [1.807, 2.05) is 26.0 Å². The summed E-state index contributed by atoms with van der Waals surface area (Å²) in [5.41, 5.74) is 0.381. The molecule has 1 heterocycles. The number of alkyl halides is 3. The number of rotatable bonds is 8. The summed E-state index contributed by atoms with van der Waals surface area (Å²) in [6.07, 6.45) is -4.67. The highest BCUT2D eigenvalue weighted by molar-refractivity contribution is 6.36. The van der Waals surface area contributed by atoms with Gasteiger partial charge in [0.1, 0.15) is 0 Å². The number of nitrogens with zero attached hydrogens (tertiary/aromatic N) is 2. The normalized spacial score (nSPS) is 12.8. The maximum absolute atomic E-state index is 13.4. The Morgan fingerprint density at radius 2 is 1.51 bits per heavy atom. The maximum Gasteiger partial charge on any atom is 0.416 e. The summed E-state index contributed by atoms with van der Waals surface area (Å²) < 4.78 is 45.1. The van der Waals surface area contributed by atoms with E-state index in [-0.39, 0.29) is 33.2 Å². The zero-order chi connectivity index (χ0) is 30.9. The van der Waals surface area contributed by atoms with E-state index in [1.54, 1.807) is 12.1 Å². The number of halogens is 3. The van der Waals surface area contributed by atoms with Crippen molar-refractivity contribution in [1.29, 1.82) is 0 Å². The molecule has 3 amide bonds. The number of carbonyl (C=O) groups excluding carboxylic acids is 4. The third-order valence-electron chi connectivity index (χ3n) is 7.17. The molecule has 0 bridgehead atoms. The fourth-order valence-electron chi connectivity index (χ4n) is 5.08. The lowest BCUT2D eigenvalue weighted by Gasteiger charge is -2.28. The molecule has 4 aromatic carbocycles. The Kier molecular flexibility index (Phi) is 7.90. The van der Waals surface area contributed by atoms with Crippen molar-refractivity contribution in [3.63, 3.8) is 0 Å². The molecule has 0 saturated carbocycles. The minimum absolute atomic E-state index is 0.0186. The van der Waals surface area contributed by atoms with E-state index in [2.05, 4.69) is 10.2 Å². The highest BCUT2D eigenvalue weighted by atomic mass is 19.4. The summed E-state index contributed by atoms with van der Waals surface area (Å²) in [6, 6.07) is 18.3. The Labute approximate surface area is 244 Å². The van der Waals surface area contributed by atoms with E-state index in [0.717, 1.165) is 37.0 Å². The van der Waals surface area contributed by atoms with Crippen molar-refractivity contribution in [3.8, 4) is 0 Å². The quantitative estimate of drug-likeness (QED) is 0.191. The fourth-order valence-corrected chi connectivity index (χ4v) is 5.08. The Bertz CT molecular complexity index is 1730. The number of hydrogen-bond donors (Lipinski definition) is 1.